The number of nitrogens with zero attached hydrogens (tertiary/aromatic N) is 1. The van der Waals surface area contributed by atoms with Crippen LogP contribution in [0.3, 0.4) is 0 Å². The summed E-state index contributed by atoms with van der Waals surface area (Å²) in [7, 11) is 0. The summed E-state index contributed by atoms with van der Waals surface area (Å²) in [5.41, 5.74) is 4.52. The monoisotopic (exact) mass is 342 g/mol. The van der Waals surface area contributed by atoms with E-state index in [1.807, 2.05) is 0 Å². The predicted molar refractivity (Wildman–Crippen MR) is 98.7 cm³/mol. The van der Waals surface area contributed by atoms with Gasteiger partial charge >= 0.3 is 0 Å². The first-order valence-corrected chi connectivity index (χ1v) is 8.72. The van der Waals surface area contributed by atoms with Gasteiger partial charge in [-0.25, -0.2) is 4.39 Å². The lowest BCUT2D eigenvalue weighted by molar-refractivity contribution is -0.892. The number of aryl methyl sites for hydroxylation is 2. The molecule has 132 valence electrons. The van der Waals surface area contributed by atoms with Gasteiger partial charge < -0.3 is 15.1 Å². The molecule has 0 atom stereocenters. The number of hydrogen-bond acceptors (Lipinski definition) is 2. The van der Waals surface area contributed by atoms with E-state index in [1.54, 1.807) is 12.1 Å². The number of carbonyl (C=O) groups is 1. The molecule has 25 heavy (non-hydrogen) atoms. The van der Waals surface area contributed by atoms with Gasteiger partial charge in [-0.1, -0.05) is 6.07 Å². The lowest BCUT2D eigenvalue weighted by Gasteiger charge is -2.33. The van der Waals surface area contributed by atoms with E-state index in [9.17, 15) is 9.18 Å². The molecule has 5 heteroatoms. The van der Waals surface area contributed by atoms with Gasteiger partial charge in [-0.05, 0) is 61.4 Å². The van der Waals surface area contributed by atoms with E-state index < -0.39 is 0 Å². The quantitative estimate of drug-likeness (QED) is 0.889. The molecule has 3 rings (SSSR count). The van der Waals surface area contributed by atoms with Crippen molar-refractivity contribution in [2.24, 2.45) is 0 Å². The van der Waals surface area contributed by atoms with Crippen LogP contribution in [0.15, 0.2) is 42.5 Å². The maximum absolute atomic E-state index is 12.9. The van der Waals surface area contributed by atoms with Crippen molar-refractivity contribution in [2.75, 3.05) is 42.9 Å². The average molecular weight is 342 g/mol. The van der Waals surface area contributed by atoms with E-state index in [-0.39, 0.29) is 11.7 Å². The number of quaternary nitrogens is 1. The highest BCUT2D eigenvalue weighted by atomic mass is 19.1. The van der Waals surface area contributed by atoms with E-state index in [2.05, 4.69) is 42.3 Å². The summed E-state index contributed by atoms with van der Waals surface area (Å²) in [6.07, 6.45) is 0. The van der Waals surface area contributed by atoms with Crippen molar-refractivity contribution >= 4 is 17.3 Å². The Kier molecular flexibility index (Phi) is 5.34. The summed E-state index contributed by atoms with van der Waals surface area (Å²) in [6.45, 7) is 8.47. The van der Waals surface area contributed by atoms with Crippen LogP contribution in [0.25, 0.3) is 0 Å². The molecule has 4 nitrogen and oxygen atoms in total. The van der Waals surface area contributed by atoms with Crippen LogP contribution in [0.2, 0.25) is 0 Å². The molecule has 1 aliphatic rings. The zero-order valence-electron chi connectivity index (χ0n) is 14.8. The van der Waals surface area contributed by atoms with E-state index in [0.29, 0.717) is 12.2 Å². The van der Waals surface area contributed by atoms with Crippen molar-refractivity contribution in [1.29, 1.82) is 0 Å². The van der Waals surface area contributed by atoms with Crippen LogP contribution < -0.4 is 15.1 Å². The molecule has 1 aliphatic heterocycles. The third-order valence-corrected chi connectivity index (χ3v) is 4.86. The molecule has 0 radical (unpaired) electrons. The fourth-order valence-corrected chi connectivity index (χ4v) is 3.15. The van der Waals surface area contributed by atoms with Crippen molar-refractivity contribution in [3.8, 4) is 0 Å². The molecule has 1 heterocycles. The summed E-state index contributed by atoms with van der Waals surface area (Å²) in [5.74, 6) is -0.327. The molecule has 0 saturated carbocycles. The van der Waals surface area contributed by atoms with Crippen molar-refractivity contribution < 1.29 is 14.1 Å². The zero-order chi connectivity index (χ0) is 17.8. The topological polar surface area (TPSA) is 36.8 Å². The standard InChI is InChI=1S/C20H24FN3O/c1-15-3-8-19(13-16(15)2)24-11-9-23(10-12-24)14-20(25)22-18-6-4-17(21)5-7-18/h3-8,13H,9-12,14H2,1-2H3,(H,22,25)/p+1. The van der Waals surface area contributed by atoms with E-state index in [4.69, 9.17) is 0 Å². The lowest BCUT2D eigenvalue weighted by atomic mass is 10.1. The SMILES string of the molecule is Cc1ccc(N2CC[NH+](CC(=O)Nc3ccc(F)cc3)CC2)cc1C. The lowest BCUT2D eigenvalue weighted by Crippen LogP contribution is -3.15. The Morgan fingerprint density at radius 2 is 1.76 bits per heavy atom. The Hall–Kier alpha value is -2.40. The molecule has 2 aromatic rings. The molecule has 1 fully saturated rings. The maximum Gasteiger partial charge on any atom is 0.279 e. The Bertz CT molecular complexity index is 737. The second-order valence-corrected chi connectivity index (χ2v) is 6.74. The maximum atomic E-state index is 12.9. The van der Waals surface area contributed by atoms with Crippen LogP contribution in [-0.2, 0) is 4.79 Å². The molecular formula is C20H25FN3O+. The average Bonchev–Trinajstić information content (AvgIpc) is 2.60. The third-order valence-electron chi connectivity index (χ3n) is 4.86. The fourth-order valence-electron chi connectivity index (χ4n) is 3.15. The summed E-state index contributed by atoms with van der Waals surface area (Å²) in [4.78, 5) is 15.8. The van der Waals surface area contributed by atoms with Gasteiger partial charge in [0.15, 0.2) is 6.54 Å². The molecule has 0 spiro atoms. The van der Waals surface area contributed by atoms with Crippen LogP contribution in [0.5, 0.6) is 0 Å². The van der Waals surface area contributed by atoms with Gasteiger partial charge in [-0.15, -0.1) is 0 Å². The first-order valence-electron chi connectivity index (χ1n) is 8.72. The Morgan fingerprint density at radius 3 is 2.40 bits per heavy atom. The minimum atomic E-state index is -0.300. The van der Waals surface area contributed by atoms with Gasteiger partial charge in [0.1, 0.15) is 5.82 Å². The molecule has 0 bridgehead atoms. The van der Waals surface area contributed by atoms with Gasteiger partial charge in [0.2, 0.25) is 0 Å². The van der Waals surface area contributed by atoms with Crippen molar-refractivity contribution in [1.82, 2.24) is 0 Å². The number of nitrogens with one attached hydrogen (secondary N) is 2. The molecule has 0 aliphatic carbocycles. The number of amides is 1. The van der Waals surface area contributed by atoms with Crippen LogP contribution in [0.1, 0.15) is 11.1 Å². The van der Waals surface area contributed by atoms with Crippen LogP contribution in [0.4, 0.5) is 15.8 Å². The minimum Gasteiger partial charge on any atom is -0.360 e. The zero-order valence-corrected chi connectivity index (χ0v) is 14.8. The highest BCUT2D eigenvalue weighted by Gasteiger charge is 2.22. The first kappa shape index (κ1) is 17.4. The van der Waals surface area contributed by atoms with E-state index >= 15 is 0 Å². The Morgan fingerprint density at radius 1 is 1.08 bits per heavy atom. The molecule has 1 saturated heterocycles. The predicted octanol–water partition coefficient (Wildman–Crippen LogP) is 1.79. The van der Waals surface area contributed by atoms with Gasteiger partial charge in [-0.2, -0.15) is 0 Å². The van der Waals surface area contributed by atoms with Crippen LogP contribution in [-0.4, -0.2) is 38.6 Å². The molecular weight excluding hydrogens is 317 g/mol. The minimum absolute atomic E-state index is 0.0266. The van der Waals surface area contributed by atoms with Crippen LogP contribution >= 0.6 is 0 Å². The number of anilines is 2. The van der Waals surface area contributed by atoms with Gasteiger partial charge in [0.25, 0.3) is 5.91 Å². The summed E-state index contributed by atoms with van der Waals surface area (Å²) in [6, 6.07) is 12.5. The second kappa shape index (κ2) is 7.66. The molecule has 0 unspecified atom stereocenters. The first-order chi connectivity index (χ1) is 12.0. The summed E-state index contributed by atoms with van der Waals surface area (Å²) in [5, 5.41) is 2.83. The fraction of sp³-hybridized carbons (Fsp3) is 0.350. The summed E-state index contributed by atoms with van der Waals surface area (Å²) < 4.78 is 12.9. The number of halogens is 1. The summed E-state index contributed by atoms with van der Waals surface area (Å²) >= 11 is 0. The highest BCUT2D eigenvalue weighted by Crippen LogP contribution is 2.18. The number of benzene rings is 2. The third kappa shape index (κ3) is 4.57. The largest absolute Gasteiger partial charge is 0.360 e. The molecule has 2 N–H and O–H groups in total. The van der Waals surface area contributed by atoms with Crippen LogP contribution in [0, 0.1) is 19.7 Å². The normalized spacial score (nSPS) is 15.2. The number of rotatable bonds is 4. The smallest absolute Gasteiger partial charge is 0.279 e. The van der Waals surface area contributed by atoms with Crippen molar-refractivity contribution in [3.05, 3.63) is 59.4 Å². The van der Waals surface area contributed by atoms with Gasteiger partial charge in [0, 0.05) is 11.4 Å². The number of hydrogen-bond donors (Lipinski definition) is 2. The second-order valence-electron chi connectivity index (χ2n) is 6.74. The van der Waals surface area contributed by atoms with E-state index in [1.165, 1.54) is 33.8 Å². The van der Waals surface area contributed by atoms with Gasteiger partial charge in [0.05, 0.1) is 26.2 Å². The Balaban J connectivity index is 1.49. The van der Waals surface area contributed by atoms with E-state index in [0.717, 1.165) is 26.2 Å². The number of carbonyl (C=O) groups excluding carboxylic acids is 1. The molecule has 0 aromatic heterocycles. The number of piperazine rings is 1. The molecule has 1 amide bonds. The molecule has 2 aromatic carbocycles. The van der Waals surface area contributed by atoms with Gasteiger partial charge in [-0.3, -0.25) is 4.79 Å². The van der Waals surface area contributed by atoms with Crippen molar-refractivity contribution in [3.63, 3.8) is 0 Å². The van der Waals surface area contributed by atoms with Crippen molar-refractivity contribution in [2.45, 2.75) is 13.8 Å². The highest BCUT2D eigenvalue weighted by molar-refractivity contribution is 5.91. The Labute approximate surface area is 148 Å².